The van der Waals surface area contributed by atoms with E-state index in [1.165, 1.54) is 0 Å². The van der Waals surface area contributed by atoms with Gasteiger partial charge in [-0.2, -0.15) is 0 Å². The normalized spacial score (nSPS) is 19.2. The van der Waals surface area contributed by atoms with Gasteiger partial charge in [0, 0.05) is 25.1 Å². The minimum absolute atomic E-state index is 0.135. The molecule has 1 aliphatic heterocycles. The van der Waals surface area contributed by atoms with Crippen LogP contribution in [-0.4, -0.2) is 37.2 Å². The van der Waals surface area contributed by atoms with Gasteiger partial charge in [0.25, 0.3) is 0 Å². The molecule has 7 heteroatoms. The average Bonchev–Trinajstić information content (AvgIpc) is 3.01. The molecule has 0 saturated carbocycles. The number of ether oxygens (including phenoxy) is 2. The smallest absolute Gasteiger partial charge is 0.468 e. The topological polar surface area (TPSA) is 63.0 Å². The van der Waals surface area contributed by atoms with Gasteiger partial charge < -0.3 is 23.2 Å². The molecule has 1 aromatic carbocycles. The van der Waals surface area contributed by atoms with Crippen molar-refractivity contribution in [3.05, 3.63) is 18.0 Å². The molecule has 2 heterocycles. The van der Waals surface area contributed by atoms with E-state index in [0.29, 0.717) is 17.2 Å². The molecule has 0 amide bonds. The van der Waals surface area contributed by atoms with Gasteiger partial charge in [-0.1, -0.05) is 6.92 Å². The molecule has 130 valence electrons. The van der Waals surface area contributed by atoms with Crippen LogP contribution in [0.5, 0.6) is 5.75 Å². The van der Waals surface area contributed by atoms with Crippen LogP contribution in [0.15, 0.2) is 16.5 Å². The molecule has 1 aliphatic rings. The van der Waals surface area contributed by atoms with Crippen LogP contribution in [0.3, 0.4) is 0 Å². The van der Waals surface area contributed by atoms with Gasteiger partial charge in [0.05, 0.1) is 11.2 Å². The van der Waals surface area contributed by atoms with Crippen LogP contribution in [0.1, 0.15) is 40.5 Å². The molecular weight excluding hydrogens is 309 g/mol. The highest BCUT2D eigenvalue weighted by Gasteiger charge is 2.52. The van der Waals surface area contributed by atoms with Crippen LogP contribution in [0.4, 0.5) is 0 Å². The van der Waals surface area contributed by atoms with E-state index in [-0.39, 0.29) is 6.79 Å². The molecule has 0 spiro atoms. The van der Waals surface area contributed by atoms with E-state index < -0.39 is 18.3 Å². The van der Waals surface area contributed by atoms with Gasteiger partial charge in [0.15, 0.2) is 18.3 Å². The highest BCUT2D eigenvalue weighted by atomic mass is 16.7. The van der Waals surface area contributed by atoms with Crippen molar-refractivity contribution in [2.24, 2.45) is 0 Å². The first-order valence-electron chi connectivity index (χ1n) is 8.18. The lowest BCUT2D eigenvalue weighted by atomic mass is 9.78. The fourth-order valence-corrected chi connectivity index (χ4v) is 2.57. The molecule has 0 N–H and O–H groups in total. The predicted octanol–water partition coefficient (Wildman–Crippen LogP) is 2.67. The van der Waals surface area contributed by atoms with Crippen molar-refractivity contribution in [2.75, 3.05) is 13.9 Å². The third kappa shape index (κ3) is 2.92. The van der Waals surface area contributed by atoms with Gasteiger partial charge in [0.2, 0.25) is 0 Å². The van der Waals surface area contributed by atoms with Crippen LogP contribution in [0.25, 0.3) is 11.1 Å². The Bertz CT molecular complexity index is 724. The second kappa shape index (κ2) is 6.06. The molecular formula is C17H24BNO5. The lowest BCUT2D eigenvalue weighted by Gasteiger charge is -2.32. The molecule has 2 aromatic rings. The quantitative estimate of drug-likeness (QED) is 0.619. The minimum Gasteiger partial charge on any atom is -0.468 e. The number of aryl methyl sites for hydroxylation is 1. The molecule has 0 radical (unpaired) electrons. The van der Waals surface area contributed by atoms with Gasteiger partial charge >= 0.3 is 7.12 Å². The minimum atomic E-state index is -0.540. The summed E-state index contributed by atoms with van der Waals surface area (Å²) in [5, 5.41) is 0. The van der Waals surface area contributed by atoms with Crippen LogP contribution in [0, 0.1) is 0 Å². The zero-order chi connectivity index (χ0) is 17.5. The molecule has 24 heavy (non-hydrogen) atoms. The van der Waals surface area contributed by atoms with Crippen LogP contribution in [-0.2, 0) is 20.5 Å². The largest absolute Gasteiger partial charge is 0.498 e. The van der Waals surface area contributed by atoms with Crippen molar-refractivity contribution >= 4 is 23.7 Å². The second-order valence-corrected chi connectivity index (χ2v) is 6.96. The van der Waals surface area contributed by atoms with Crippen molar-refractivity contribution < 1.29 is 23.2 Å². The Labute approximate surface area is 142 Å². The number of oxazole rings is 1. The highest BCUT2D eigenvalue weighted by Crippen LogP contribution is 2.37. The first-order valence-corrected chi connectivity index (χ1v) is 8.18. The number of fused-ring (bicyclic) bond motifs is 1. The van der Waals surface area contributed by atoms with Crippen molar-refractivity contribution in [3.63, 3.8) is 0 Å². The van der Waals surface area contributed by atoms with Crippen molar-refractivity contribution in [2.45, 2.75) is 52.2 Å². The lowest BCUT2D eigenvalue weighted by Crippen LogP contribution is -2.41. The molecule has 0 atom stereocenters. The molecule has 0 unspecified atom stereocenters. The van der Waals surface area contributed by atoms with E-state index in [0.717, 1.165) is 17.4 Å². The second-order valence-electron chi connectivity index (χ2n) is 6.96. The standard InChI is InChI=1S/C17H24BNO5/c1-7-15-19-12-9-13(21-10-20-6)11(8-14(12)22-15)18-23-16(2,3)17(4,5)24-18/h8-9H,7,10H2,1-6H3. The first-order chi connectivity index (χ1) is 11.3. The third-order valence-corrected chi connectivity index (χ3v) is 4.71. The van der Waals surface area contributed by atoms with E-state index in [1.807, 2.05) is 46.8 Å². The fourth-order valence-electron chi connectivity index (χ4n) is 2.57. The average molecular weight is 333 g/mol. The lowest BCUT2D eigenvalue weighted by molar-refractivity contribution is 0.00578. The summed E-state index contributed by atoms with van der Waals surface area (Å²) in [5.41, 5.74) is 1.36. The van der Waals surface area contributed by atoms with E-state index in [1.54, 1.807) is 7.11 Å². The Hall–Kier alpha value is -1.57. The van der Waals surface area contributed by atoms with Crippen LogP contribution >= 0.6 is 0 Å². The zero-order valence-electron chi connectivity index (χ0n) is 15.1. The van der Waals surface area contributed by atoms with Crippen LogP contribution in [0.2, 0.25) is 0 Å². The molecule has 6 nitrogen and oxygen atoms in total. The molecule has 1 fully saturated rings. The van der Waals surface area contributed by atoms with Gasteiger partial charge in [-0.3, -0.25) is 0 Å². The first kappa shape index (κ1) is 17.3. The summed E-state index contributed by atoms with van der Waals surface area (Å²) < 4.78 is 28.8. The summed E-state index contributed by atoms with van der Waals surface area (Å²) in [6.45, 7) is 10.2. The highest BCUT2D eigenvalue weighted by molar-refractivity contribution is 6.63. The summed E-state index contributed by atoms with van der Waals surface area (Å²) in [4.78, 5) is 4.46. The number of benzene rings is 1. The van der Waals surface area contributed by atoms with Crippen molar-refractivity contribution in [1.29, 1.82) is 0 Å². The Kier molecular flexibility index (Phi) is 4.36. The Morgan fingerprint density at radius 1 is 1.12 bits per heavy atom. The number of aromatic nitrogens is 1. The fraction of sp³-hybridized carbons (Fsp3) is 0.588. The van der Waals surface area contributed by atoms with Gasteiger partial charge in [0.1, 0.15) is 11.3 Å². The number of hydrogen-bond acceptors (Lipinski definition) is 6. The predicted molar refractivity (Wildman–Crippen MR) is 91.6 cm³/mol. The molecule has 0 aliphatic carbocycles. The summed E-state index contributed by atoms with van der Waals surface area (Å²) in [6.07, 6.45) is 0.731. The molecule has 3 rings (SSSR count). The number of nitrogens with zero attached hydrogens (tertiary/aromatic N) is 1. The molecule has 0 bridgehead atoms. The third-order valence-electron chi connectivity index (χ3n) is 4.71. The molecule has 1 saturated heterocycles. The molecule has 1 aromatic heterocycles. The summed E-state index contributed by atoms with van der Waals surface area (Å²) >= 11 is 0. The van der Waals surface area contributed by atoms with Gasteiger partial charge in [-0.15, -0.1) is 0 Å². The van der Waals surface area contributed by atoms with Crippen LogP contribution < -0.4 is 10.2 Å². The maximum absolute atomic E-state index is 6.15. The maximum atomic E-state index is 6.15. The Morgan fingerprint density at radius 3 is 2.38 bits per heavy atom. The summed E-state index contributed by atoms with van der Waals surface area (Å²) in [6, 6.07) is 3.73. The summed E-state index contributed by atoms with van der Waals surface area (Å²) in [7, 11) is 1.04. The van der Waals surface area contributed by atoms with Gasteiger partial charge in [-0.25, -0.2) is 4.98 Å². The Morgan fingerprint density at radius 2 is 1.79 bits per heavy atom. The maximum Gasteiger partial charge on any atom is 0.498 e. The van der Waals surface area contributed by atoms with E-state index >= 15 is 0 Å². The number of hydrogen-bond donors (Lipinski definition) is 0. The van der Waals surface area contributed by atoms with Crippen molar-refractivity contribution in [1.82, 2.24) is 4.98 Å². The van der Waals surface area contributed by atoms with E-state index in [9.17, 15) is 0 Å². The number of rotatable bonds is 5. The van der Waals surface area contributed by atoms with E-state index in [4.69, 9.17) is 23.2 Å². The Balaban J connectivity index is 2.04. The zero-order valence-corrected chi connectivity index (χ0v) is 15.1. The van der Waals surface area contributed by atoms with Crippen molar-refractivity contribution in [3.8, 4) is 5.75 Å². The number of methoxy groups -OCH3 is 1. The van der Waals surface area contributed by atoms with Gasteiger partial charge in [-0.05, 0) is 33.8 Å². The van der Waals surface area contributed by atoms with E-state index in [2.05, 4.69) is 4.98 Å². The summed E-state index contributed by atoms with van der Waals surface area (Å²) in [5.74, 6) is 1.31. The monoisotopic (exact) mass is 333 g/mol. The SMILES string of the molecule is CCc1nc2cc(OCOC)c(B3OC(C)(C)C(C)(C)O3)cc2o1.